The highest BCUT2D eigenvalue weighted by atomic mass is 127. The Hall–Kier alpha value is -0.300. The number of aromatic amines is 1. The second-order valence-corrected chi connectivity index (χ2v) is 5.77. The molecule has 0 radical (unpaired) electrons. The van der Waals surface area contributed by atoms with Gasteiger partial charge in [-0.05, 0) is 47.3 Å². The van der Waals surface area contributed by atoms with E-state index in [1.165, 1.54) is 25.6 Å². The van der Waals surface area contributed by atoms with Crippen LogP contribution < -0.4 is 10.9 Å². The SMILES string of the molecule is O=c1[nH]cnc(NCC2CCCC2CCl)c1I. The molecular weight excluding hydrogens is 352 g/mol. The Morgan fingerprint density at radius 3 is 3.06 bits per heavy atom. The maximum atomic E-state index is 11.4. The average molecular weight is 368 g/mol. The van der Waals surface area contributed by atoms with Crippen molar-refractivity contribution in [2.75, 3.05) is 17.7 Å². The first-order valence-corrected chi connectivity index (χ1v) is 7.36. The van der Waals surface area contributed by atoms with Crippen molar-refractivity contribution in [2.45, 2.75) is 19.3 Å². The lowest BCUT2D eigenvalue weighted by molar-refractivity contribution is 0.444. The van der Waals surface area contributed by atoms with Gasteiger partial charge in [0.15, 0.2) is 0 Å². The zero-order valence-corrected chi connectivity index (χ0v) is 12.3. The number of alkyl halides is 1. The van der Waals surface area contributed by atoms with Gasteiger partial charge in [0.25, 0.3) is 5.56 Å². The number of anilines is 1. The highest BCUT2D eigenvalue weighted by molar-refractivity contribution is 14.1. The molecule has 2 rings (SSSR count). The van der Waals surface area contributed by atoms with Crippen LogP contribution in [0, 0.1) is 15.4 Å². The summed E-state index contributed by atoms with van der Waals surface area (Å²) in [4.78, 5) is 18.1. The van der Waals surface area contributed by atoms with Gasteiger partial charge < -0.3 is 10.3 Å². The fourth-order valence-corrected chi connectivity index (χ4v) is 3.21. The molecule has 1 aliphatic carbocycles. The minimum Gasteiger partial charge on any atom is -0.369 e. The predicted octanol–water partition coefficient (Wildman–Crippen LogP) is 2.44. The summed E-state index contributed by atoms with van der Waals surface area (Å²) in [5.41, 5.74) is -0.0941. The Morgan fingerprint density at radius 2 is 2.29 bits per heavy atom. The Kier molecular flexibility index (Phi) is 4.67. The molecule has 1 heterocycles. The molecule has 0 amide bonds. The van der Waals surface area contributed by atoms with Gasteiger partial charge in [0.05, 0.1) is 6.33 Å². The minimum absolute atomic E-state index is 0.0941. The quantitative estimate of drug-likeness (QED) is 0.635. The molecule has 2 N–H and O–H groups in total. The Labute approximate surface area is 119 Å². The number of nitrogens with zero attached hydrogens (tertiary/aromatic N) is 1. The minimum atomic E-state index is -0.0941. The molecule has 17 heavy (non-hydrogen) atoms. The topological polar surface area (TPSA) is 57.8 Å². The predicted molar refractivity (Wildman–Crippen MR) is 77.6 cm³/mol. The summed E-state index contributed by atoms with van der Waals surface area (Å²) in [6.45, 7) is 0.851. The Balaban J connectivity index is 1.98. The molecule has 1 saturated carbocycles. The molecule has 1 aliphatic rings. The zero-order chi connectivity index (χ0) is 12.3. The normalized spacial score (nSPS) is 23.9. The van der Waals surface area contributed by atoms with Gasteiger partial charge in [0.1, 0.15) is 9.39 Å². The first kappa shape index (κ1) is 13.1. The molecule has 1 aromatic rings. The molecule has 0 bridgehead atoms. The molecule has 0 aromatic carbocycles. The Morgan fingerprint density at radius 1 is 1.53 bits per heavy atom. The van der Waals surface area contributed by atoms with Gasteiger partial charge in [-0.3, -0.25) is 4.79 Å². The molecule has 2 unspecified atom stereocenters. The molecule has 0 aliphatic heterocycles. The monoisotopic (exact) mass is 367 g/mol. The fourth-order valence-electron chi connectivity index (χ4n) is 2.32. The van der Waals surface area contributed by atoms with Crippen molar-refractivity contribution in [3.05, 3.63) is 20.3 Å². The molecule has 94 valence electrons. The smallest absolute Gasteiger partial charge is 0.266 e. The van der Waals surface area contributed by atoms with Crippen LogP contribution in [0.2, 0.25) is 0 Å². The van der Waals surface area contributed by atoms with E-state index in [1.54, 1.807) is 0 Å². The van der Waals surface area contributed by atoms with Crippen LogP contribution in [-0.2, 0) is 0 Å². The fraction of sp³-hybridized carbons (Fsp3) is 0.636. The molecule has 0 saturated heterocycles. The van der Waals surface area contributed by atoms with Crippen molar-refractivity contribution >= 4 is 40.0 Å². The number of H-pyrrole nitrogens is 1. The third-order valence-corrected chi connectivity index (χ3v) is 4.74. The van der Waals surface area contributed by atoms with Crippen molar-refractivity contribution in [1.82, 2.24) is 9.97 Å². The van der Waals surface area contributed by atoms with E-state index in [-0.39, 0.29) is 5.56 Å². The summed E-state index contributed by atoms with van der Waals surface area (Å²) in [6, 6.07) is 0. The average Bonchev–Trinajstić information content (AvgIpc) is 2.78. The molecular formula is C11H15ClIN3O. The van der Waals surface area contributed by atoms with E-state index >= 15 is 0 Å². The number of nitrogens with one attached hydrogen (secondary N) is 2. The number of hydrogen-bond donors (Lipinski definition) is 2. The first-order valence-electron chi connectivity index (χ1n) is 5.75. The maximum Gasteiger partial charge on any atom is 0.266 e. The second kappa shape index (κ2) is 6.04. The van der Waals surface area contributed by atoms with Gasteiger partial charge >= 0.3 is 0 Å². The first-order chi connectivity index (χ1) is 8.22. The lowest BCUT2D eigenvalue weighted by atomic mass is 9.98. The molecule has 1 fully saturated rings. The van der Waals surface area contributed by atoms with E-state index in [2.05, 4.69) is 15.3 Å². The molecule has 6 heteroatoms. The summed E-state index contributed by atoms with van der Waals surface area (Å²) in [6.07, 6.45) is 5.12. The van der Waals surface area contributed by atoms with Gasteiger partial charge in [0, 0.05) is 12.4 Å². The summed E-state index contributed by atoms with van der Waals surface area (Å²) < 4.78 is 0.616. The van der Waals surface area contributed by atoms with E-state index in [0.29, 0.717) is 21.2 Å². The highest BCUT2D eigenvalue weighted by Gasteiger charge is 2.26. The standard InChI is InChI=1S/C11H15ClIN3O/c12-4-7-2-1-3-8(7)5-14-10-9(13)11(17)16-6-15-10/h6-8H,1-5H2,(H2,14,15,16,17). The van der Waals surface area contributed by atoms with Crippen LogP contribution >= 0.6 is 34.2 Å². The van der Waals surface area contributed by atoms with Crippen LogP contribution in [0.3, 0.4) is 0 Å². The molecule has 2 atom stereocenters. The maximum absolute atomic E-state index is 11.4. The second-order valence-electron chi connectivity index (χ2n) is 4.38. The highest BCUT2D eigenvalue weighted by Crippen LogP contribution is 2.32. The molecule has 4 nitrogen and oxygen atoms in total. The van der Waals surface area contributed by atoms with Gasteiger partial charge in [-0.1, -0.05) is 6.42 Å². The lowest BCUT2D eigenvalue weighted by Crippen LogP contribution is -2.22. The number of halogens is 2. The molecule has 1 aromatic heterocycles. The molecule has 0 spiro atoms. The number of aromatic nitrogens is 2. The van der Waals surface area contributed by atoms with Gasteiger partial charge in [-0.15, -0.1) is 11.6 Å². The van der Waals surface area contributed by atoms with Crippen LogP contribution in [0.5, 0.6) is 0 Å². The van der Waals surface area contributed by atoms with Crippen molar-refractivity contribution in [3.8, 4) is 0 Å². The summed E-state index contributed by atoms with van der Waals surface area (Å²) in [5, 5.41) is 3.26. The third kappa shape index (κ3) is 3.13. The number of hydrogen-bond acceptors (Lipinski definition) is 3. The summed E-state index contributed by atoms with van der Waals surface area (Å²) in [5.74, 6) is 2.61. The summed E-state index contributed by atoms with van der Waals surface area (Å²) >= 11 is 7.95. The van der Waals surface area contributed by atoms with E-state index in [4.69, 9.17) is 11.6 Å². The van der Waals surface area contributed by atoms with E-state index < -0.39 is 0 Å². The zero-order valence-electron chi connectivity index (χ0n) is 9.38. The van der Waals surface area contributed by atoms with Crippen LogP contribution in [0.1, 0.15) is 19.3 Å². The van der Waals surface area contributed by atoms with Crippen molar-refractivity contribution < 1.29 is 0 Å². The van der Waals surface area contributed by atoms with Crippen LogP contribution in [0.15, 0.2) is 11.1 Å². The van der Waals surface area contributed by atoms with Crippen molar-refractivity contribution in [1.29, 1.82) is 0 Å². The van der Waals surface area contributed by atoms with E-state index in [0.717, 1.165) is 12.4 Å². The third-order valence-electron chi connectivity index (χ3n) is 3.34. The summed E-state index contributed by atoms with van der Waals surface area (Å²) in [7, 11) is 0. The van der Waals surface area contributed by atoms with E-state index in [1.807, 2.05) is 22.6 Å². The van der Waals surface area contributed by atoms with Gasteiger partial charge in [-0.25, -0.2) is 4.98 Å². The van der Waals surface area contributed by atoms with Crippen LogP contribution in [0.4, 0.5) is 5.82 Å². The van der Waals surface area contributed by atoms with E-state index in [9.17, 15) is 4.79 Å². The van der Waals surface area contributed by atoms with Crippen LogP contribution in [0.25, 0.3) is 0 Å². The largest absolute Gasteiger partial charge is 0.369 e. The van der Waals surface area contributed by atoms with Crippen molar-refractivity contribution in [2.24, 2.45) is 11.8 Å². The van der Waals surface area contributed by atoms with Gasteiger partial charge in [-0.2, -0.15) is 0 Å². The van der Waals surface area contributed by atoms with Crippen LogP contribution in [-0.4, -0.2) is 22.4 Å². The lowest BCUT2D eigenvalue weighted by Gasteiger charge is -2.18. The van der Waals surface area contributed by atoms with Crippen molar-refractivity contribution in [3.63, 3.8) is 0 Å². The number of rotatable bonds is 4. The Bertz CT molecular complexity index is 437. The van der Waals surface area contributed by atoms with Gasteiger partial charge in [0.2, 0.25) is 0 Å².